The van der Waals surface area contributed by atoms with Crippen LogP contribution in [0, 0.1) is 0 Å². The normalized spacial score (nSPS) is 18.5. The van der Waals surface area contributed by atoms with Crippen LogP contribution in [0.15, 0.2) is 36.4 Å². The standard InChI is InChI=1S/C20H22F3NO4/c1-27-17-7-8-18(28-2)19-13(17)9-24(11-16(19)26)10-15(25)12-5-3-4-6-14(12)20(21,22)23/h3-8,15-16,25-26H,9-11H2,1-2H3/t15-,16-/m0/s1. The van der Waals surface area contributed by atoms with Crippen LogP contribution >= 0.6 is 0 Å². The average molecular weight is 397 g/mol. The first kappa shape index (κ1) is 20.4. The van der Waals surface area contributed by atoms with E-state index >= 15 is 0 Å². The highest BCUT2D eigenvalue weighted by molar-refractivity contribution is 5.51. The lowest BCUT2D eigenvalue weighted by Crippen LogP contribution is -2.37. The molecule has 0 bridgehead atoms. The lowest BCUT2D eigenvalue weighted by atomic mass is 9.94. The molecule has 28 heavy (non-hydrogen) atoms. The van der Waals surface area contributed by atoms with Crippen LogP contribution in [0.2, 0.25) is 0 Å². The smallest absolute Gasteiger partial charge is 0.416 e. The maximum Gasteiger partial charge on any atom is 0.416 e. The molecule has 0 radical (unpaired) electrons. The van der Waals surface area contributed by atoms with Gasteiger partial charge in [-0.15, -0.1) is 0 Å². The molecule has 5 nitrogen and oxygen atoms in total. The molecule has 0 aliphatic carbocycles. The lowest BCUT2D eigenvalue weighted by molar-refractivity contribution is -0.139. The lowest BCUT2D eigenvalue weighted by Gasteiger charge is -2.35. The molecule has 0 saturated carbocycles. The number of nitrogens with zero attached hydrogens (tertiary/aromatic N) is 1. The van der Waals surface area contributed by atoms with Gasteiger partial charge >= 0.3 is 6.18 Å². The van der Waals surface area contributed by atoms with Crippen LogP contribution in [-0.2, 0) is 12.7 Å². The zero-order chi connectivity index (χ0) is 20.5. The van der Waals surface area contributed by atoms with Crippen LogP contribution < -0.4 is 9.47 Å². The van der Waals surface area contributed by atoms with Crippen molar-refractivity contribution in [3.05, 3.63) is 58.7 Å². The van der Waals surface area contributed by atoms with Gasteiger partial charge in [-0.3, -0.25) is 4.90 Å². The minimum Gasteiger partial charge on any atom is -0.496 e. The molecule has 0 aromatic heterocycles. The van der Waals surface area contributed by atoms with E-state index in [4.69, 9.17) is 9.47 Å². The molecule has 2 aromatic carbocycles. The van der Waals surface area contributed by atoms with Gasteiger partial charge in [-0.25, -0.2) is 0 Å². The van der Waals surface area contributed by atoms with Gasteiger partial charge in [0, 0.05) is 30.8 Å². The zero-order valence-electron chi connectivity index (χ0n) is 15.5. The minimum absolute atomic E-state index is 0.0655. The molecule has 2 aromatic rings. The van der Waals surface area contributed by atoms with Gasteiger partial charge in [0.15, 0.2) is 0 Å². The predicted molar refractivity (Wildman–Crippen MR) is 96.2 cm³/mol. The van der Waals surface area contributed by atoms with E-state index < -0.39 is 23.9 Å². The number of hydrogen-bond donors (Lipinski definition) is 2. The fraction of sp³-hybridized carbons (Fsp3) is 0.400. The molecule has 0 saturated heterocycles. The van der Waals surface area contributed by atoms with Crippen molar-refractivity contribution >= 4 is 0 Å². The third kappa shape index (κ3) is 3.94. The average Bonchev–Trinajstić information content (AvgIpc) is 2.66. The van der Waals surface area contributed by atoms with Gasteiger partial charge < -0.3 is 19.7 Å². The Labute approximate surface area is 160 Å². The first-order valence-electron chi connectivity index (χ1n) is 8.74. The molecule has 0 fully saturated rings. The molecule has 2 N–H and O–H groups in total. The van der Waals surface area contributed by atoms with Gasteiger partial charge in [0.05, 0.1) is 32.0 Å². The van der Waals surface area contributed by atoms with E-state index in [-0.39, 0.29) is 18.7 Å². The summed E-state index contributed by atoms with van der Waals surface area (Å²) in [7, 11) is 3.00. The van der Waals surface area contributed by atoms with E-state index in [0.717, 1.165) is 6.07 Å². The zero-order valence-corrected chi connectivity index (χ0v) is 15.5. The monoisotopic (exact) mass is 397 g/mol. The van der Waals surface area contributed by atoms with Crippen LogP contribution in [0.1, 0.15) is 34.5 Å². The molecule has 1 aliphatic rings. The highest BCUT2D eigenvalue weighted by atomic mass is 19.4. The van der Waals surface area contributed by atoms with Gasteiger partial charge in [-0.05, 0) is 23.8 Å². The van der Waals surface area contributed by atoms with Crippen molar-refractivity contribution in [1.29, 1.82) is 0 Å². The summed E-state index contributed by atoms with van der Waals surface area (Å²) in [5.74, 6) is 1.07. The summed E-state index contributed by atoms with van der Waals surface area (Å²) in [6, 6.07) is 8.38. The van der Waals surface area contributed by atoms with E-state index in [2.05, 4.69) is 0 Å². The van der Waals surface area contributed by atoms with E-state index in [9.17, 15) is 23.4 Å². The highest BCUT2D eigenvalue weighted by Gasteiger charge is 2.36. The quantitative estimate of drug-likeness (QED) is 0.811. The highest BCUT2D eigenvalue weighted by Crippen LogP contribution is 2.40. The predicted octanol–water partition coefficient (Wildman–Crippen LogP) is 3.31. The fourth-order valence-corrected chi connectivity index (χ4v) is 3.67. The summed E-state index contributed by atoms with van der Waals surface area (Å²) in [4.78, 5) is 1.70. The molecule has 2 atom stereocenters. The Morgan fingerprint density at radius 1 is 1.11 bits per heavy atom. The number of hydrogen-bond acceptors (Lipinski definition) is 5. The Morgan fingerprint density at radius 3 is 2.39 bits per heavy atom. The van der Waals surface area contributed by atoms with E-state index in [0.29, 0.717) is 29.2 Å². The SMILES string of the molecule is COc1ccc(OC)c2c1CN(C[C@H](O)c1ccccc1C(F)(F)F)C[C@@H]2O. The van der Waals surface area contributed by atoms with Crippen molar-refractivity contribution in [3.63, 3.8) is 0 Å². The Bertz CT molecular complexity index is 841. The molecule has 8 heteroatoms. The van der Waals surface area contributed by atoms with Crippen molar-refractivity contribution in [3.8, 4) is 11.5 Å². The summed E-state index contributed by atoms with van der Waals surface area (Å²) < 4.78 is 50.4. The minimum atomic E-state index is -4.55. The van der Waals surface area contributed by atoms with E-state index in [1.807, 2.05) is 0 Å². The van der Waals surface area contributed by atoms with Crippen molar-refractivity contribution < 1.29 is 32.9 Å². The molecule has 152 valence electrons. The molecular formula is C20H22F3NO4. The van der Waals surface area contributed by atoms with Gasteiger partial charge in [0.2, 0.25) is 0 Å². The summed E-state index contributed by atoms with van der Waals surface area (Å²) >= 11 is 0. The second-order valence-electron chi connectivity index (χ2n) is 6.67. The Kier molecular flexibility index (Phi) is 5.83. The maximum atomic E-state index is 13.2. The van der Waals surface area contributed by atoms with Crippen LogP contribution in [-0.4, -0.2) is 42.4 Å². The Balaban J connectivity index is 1.87. The number of benzene rings is 2. The van der Waals surface area contributed by atoms with Gasteiger partial charge in [0.25, 0.3) is 0 Å². The topological polar surface area (TPSA) is 62.2 Å². The molecular weight excluding hydrogens is 375 g/mol. The summed E-state index contributed by atoms with van der Waals surface area (Å²) in [5.41, 5.74) is 0.243. The second-order valence-corrected chi connectivity index (χ2v) is 6.67. The summed E-state index contributed by atoms with van der Waals surface area (Å²) in [6.07, 6.45) is -6.83. The Morgan fingerprint density at radius 2 is 1.75 bits per heavy atom. The van der Waals surface area contributed by atoms with Gasteiger partial charge in [0.1, 0.15) is 11.5 Å². The van der Waals surface area contributed by atoms with E-state index in [1.165, 1.54) is 32.4 Å². The van der Waals surface area contributed by atoms with Gasteiger partial charge in [-0.1, -0.05) is 18.2 Å². The second kappa shape index (κ2) is 7.98. The molecule has 1 aliphatic heterocycles. The largest absolute Gasteiger partial charge is 0.496 e. The van der Waals surface area contributed by atoms with Crippen molar-refractivity contribution in [2.24, 2.45) is 0 Å². The number of fused-ring (bicyclic) bond motifs is 1. The molecule has 3 rings (SSSR count). The third-order valence-electron chi connectivity index (χ3n) is 4.92. The van der Waals surface area contributed by atoms with Crippen molar-refractivity contribution in [2.75, 3.05) is 27.3 Å². The van der Waals surface area contributed by atoms with Crippen LogP contribution in [0.4, 0.5) is 13.2 Å². The molecule has 1 heterocycles. The van der Waals surface area contributed by atoms with Crippen LogP contribution in [0.5, 0.6) is 11.5 Å². The number of methoxy groups -OCH3 is 2. The first-order chi connectivity index (χ1) is 13.3. The molecule has 0 spiro atoms. The fourth-order valence-electron chi connectivity index (χ4n) is 3.67. The summed E-state index contributed by atoms with van der Waals surface area (Å²) in [5, 5.41) is 21.1. The van der Waals surface area contributed by atoms with Crippen molar-refractivity contribution in [1.82, 2.24) is 4.90 Å². The number of alkyl halides is 3. The maximum absolute atomic E-state index is 13.2. The van der Waals surface area contributed by atoms with Crippen molar-refractivity contribution in [2.45, 2.75) is 24.9 Å². The van der Waals surface area contributed by atoms with Crippen LogP contribution in [0.25, 0.3) is 0 Å². The van der Waals surface area contributed by atoms with Crippen LogP contribution in [0.3, 0.4) is 0 Å². The number of aliphatic hydroxyl groups is 2. The van der Waals surface area contributed by atoms with E-state index in [1.54, 1.807) is 17.0 Å². The Hall–Kier alpha value is -2.29. The number of halogens is 3. The summed E-state index contributed by atoms with van der Waals surface area (Å²) in [6.45, 7) is 0.393. The third-order valence-corrected chi connectivity index (χ3v) is 4.92. The number of rotatable bonds is 5. The number of ether oxygens (including phenoxy) is 2. The molecule has 0 unspecified atom stereocenters. The molecule has 0 amide bonds. The number of aliphatic hydroxyl groups excluding tert-OH is 2. The number of β-amino-alcohol motifs (C(OH)–C–C–N with tert-alkyl or cyclic N) is 2. The first-order valence-corrected chi connectivity index (χ1v) is 8.74. The van der Waals surface area contributed by atoms with Gasteiger partial charge in [-0.2, -0.15) is 13.2 Å².